The predicted octanol–water partition coefficient (Wildman–Crippen LogP) is 8.97. The monoisotopic (exact) mass is 733 g/mol. The summed E-state index contributed by atoms with van der Waals surface area (Å²) in [6, 6.07) is 8.25. The zero-order valence-electron chi connectivity index (χ0n) is 33.7. The Bertz CT molecular complexity index is 1390. The zero-order valence-corrected chi connectivity index (χ0v) is 33.7. The van der Waals surface area contributed by atoms with Gasteiger partial charge in [0.1, 0.15) is 0 Å². The average Bonchev–Trinajstić information content (AvgIpc) is 3.84. The third-order valence-electron chi connectivity index (χ3n) is 10.1. The average molecular weight is 733 g/mol. The van der Waals surface area contributed by atoms with Crippen LogP contribution >= 0.6 is 0 Å². The van der Waals surface area contributed by atoms with Crippen LogP contribution in [-0.4, -0.2) is 77.1 Å². The molecule has 296 valence electrons. The molecule has 0 aliphatic carbocycles. The number of benzene rings is 1. The van der Waals surface area contributed by atoms with E-state index < -0.39 is 0 Å². The summed E-state index contributed by atoms with van der Waals surface area (Å²) in [5, 5.41) is 2.73. The fourth-order valence-corrected chi connectivity index (χ4v) is 6.63. The first kappa shape index (κ1) is 48.9. The highest BCUT2D eigenvalue weighted by Crippen LogP contribution is 2.25. The summed E-state index contributed by atoms with van der Waals surface area (Å²) < 4.78 is 0. The molecule has 4 rings (SSSR count). The summed E-state index contributed by atoms with van der Waals surface area (Å²) in [5.74, 6) is 9.02. The highest BCUT2D eigenvalue weighted by atomic mass is 16.2. The summed E-state index contributed by atoms with van der Waals surface area (Å²) in [5.41, 5.74) is 2.04. The van der Waals surface area contributed by atoms with Crippen LogP contribution in [0.25, 0.3) is 0 Å². The van der Waals surface area contributed by atoms with Gasteiger partial charge in [-0.05, 0) is 116 Å². The second kappa shape index (κ2) is 25.8. The lowest BCUT2D eigenvalue weighted by Crippen LogP contribution is -2.40. The second-order valence-corrected chi connectivity index (χ2v) is 15.2. The van der Waals surface area contributed by atoms with Crippen molar-refractivity contribution in [2.24, 2.45) is 29.6 Å². The van der Waals surface area contributed by atoms with Crippen molar-refractivity contribution in [3.63, 3.8) is 0 Å². The van der Waals surface area contributed by atoms with E-state index in [9.17, 15) is 19.2 Å². The quantitative estimate of drug-likeness (QED) is 0.214. The van der Waals surface area contributed by atoms with Gasteiger partial charge in [0, 0.05) is 44.5 Å². The summed E-state index contributed by atoms with van der Waals surface area (Å²) in [6.07, 6.45) is 9.90. The maximum Gasteiger partial charge on any atom is 0.298 e. The van der Waals surface area contributed by atoms with Crippen LogP contribution in [0, 0.1) is 41.4 Å². The van der Waals surface area contributed by atoms with Gasteiger partial charge in [0.2, 0.25) is 17.7 Å². The zero-order chi connectivity index (χ0) is 39.4. The van der Waals surface area contributed by atoms with Crippen LogP contribution in [0.1, 0.15) is 113 Å². The molecule has 8 heteroatoms. The van der Waals surface area contributed by atoms with Gasteiger partial charge in [-0.1, -0.05) is 101 Å². The van der Waals surface area contributed by atoms with Gasteiger partial charge >= 0.3 is 0 Å². The van der Waals surface area contributed by atoms with Crippen molar-refractivity contribution in [2.75, 3.05) is 38.0 Å². The molecule has 8 nitrogen and oxygen atoms in total. The lowest BCUT2D eigenvalue weighted by atomic mass is 9.88. The number of likely N-dealkylation sites (tertiary alicyclic amines) is 3. The van der Waals surface area contributed by atoms with Gasteiger partial charge in [0.15, 0.2) is 0 Å². The van der Waals surface area contributed by atoms with Crippen molar-refractivity contribution >= 4 is 29.3 Å². The second-order valence-electron chi connectivity index (χ2n) is 15.2. The van der Waals surface area contributed by atoms with Gasteiger partial charge < -0.3 is 20.0 Å². The van der Waals surface area contributed by atoms with Gasteiger partial charge in [0.05, 0.1) is 0 Å². The Morgan fingerprint density at radius 2 is 1.30 bits per heavy atom. The Morgan fingerprint density at radius 3 is 1.77 bits per heavy atom. The minimum atomic E-state index is -0.175. The number of rotatable bonds is 8. The van der Waals surface area contributed by atoms with Crippen molar-refractivity contribution in [3.8, 4) is 11.8 Å². The van der Waals surface area contributed by atoms with Crippen LogP contribution in [0.15, 0.2) is 62.2 Å². The molecule has 1 aromatic rings. The Kier molecular flexibility index (Phi) is 23.8. The van der Waals surface area contributed by atoms with Crippen molar-refractivity contribution in [2.45, 2.75) is 114 Å². The molecule has 3 heterocycles. The number of carbonyl (C=O) groups is 4. The molecule has 4 amide bonds. The maximum atomic E-state index is 11.5. The fourth-order valence-electron chi connectivity index (χ4n) is 6.63. The number of carbonyl (C=O) groups excluding carboxylic acids is 4. The molecule has 1 N–H and O–H groups in total. The molecule has 3 fully saturated rings. The fraction of sp³-hybridized carbons (Fsp3) is 0.600. The lowest BCUT2D eigenvalue weighted by molar-refractivity contribution is -0.128. The van der Waals surface area contributed by atoms with E-state index >= 15 is 0 Å². The summed E-state index contributed by atoms with van der Waals surface area (Å²) >= 11 is 0. The number of hydrogen-bond acceptors (Lipinski definition) is 4. The minimum absolute atomic E-state index is 0. The van der Waals surface area contributed by atoms with E-state index in [-0.39, 0.29) is 31.1 Å². The van der Waals surface area contributed by atoms with Crippen LogP contribution in [0.4, 0.5) is 5.69 Å². The van der Waals surface area contributed by atoms with E-state index in [4.69, 9.17) is 0 Å². The summed E-state index contributed by atoms with van der Waals surface area (Å²) in [4.78, 5) is 50.8. The van der Waals surface area contributed by atoms with E-state index in [0.717, 1.165) is 64.1 Å². The molecule has 3 unspecified atom stereocenters. The van der Waals surface area contributed by atoms with Crippen LogP contribution in [-0.2, 0) is 19.2 Å². The first-order valence-corrected chi connectivity index (χ1v) is 19.2. The number of hydrogen-bond donors (Lipinski definition) is 1. The molecule has 3 saturated heterocycles. The Labute approximate surface area is 323 Å². The third-order valence-corrected chi connectivity index (χ3v) is 10.1. The Balaban J connectivity index is 0.000000677. The van der Waals surface area contributed by atoms with Gasteiger partial charge in [0.25, 0.3) is 5.91 Å². The summed E-state index contributed by atoms with van der Waals surface area (Å²) in [7, 11) is 0. The largest absolute Gasteiger partial charge is 0.339 e. The molecule has 1 aromatic carbocycles. The number of amides is 4. The van der Waals surface area contributed by atoms with Crippen molar-refractivity contribution in [1.82, 2.24) is 14.7 Å². The van der Waals surface area contributed by atoms with Gasteiger partial charge in [-0.2, -0.15) is 0 Å². The topological polar surface area (TPSA) is 90.0 Å². The normalized spacial score (nSPS) is 18.9. The van der Waals surface area contributed by atoms with Gasteiger partial charge in [-0.3, -0.25) is 19.2 Å². The highest BCUT2D eigenvalue weighted by Gasteiger charge is 2.30. The van der Waals surface area contributed by atoms with Crippen LogP contribution in [0.2, 0.25) is 0 Å². The third kappa shape index (κ3) is 17.5. The van der Waals surface area contributed by atoms with Crippen LogP contribution in [0.3, 0.4) is 0 Å². The van der Waals surface area contributed by atoms with E-state index in [1.165, 1.54) is 30.2 Å². The maximum absolute atomic E-state index is 11.5. The predicted molar refractivity (Wildman–Crippen MR) is 223 cm³/mol. The van der Waals surface area contributed by atoms with E-state index in [2.05, 4.69) is 92.3 Å². The number of nitrogens with zero attached hydrogens (tertiary/aromatic N) is 3. The van der Waals surface area contributed by atoms with Crippen molar-refractivity contribution in [3.05, 3.63) is 67.8 Å². The van der Waals surface area contributed by atoms with E-state index in [1.54, 1.807) is 6.92 Å². The SMILES string of the molecule is C.C=CC(=O)N1CCC(C(C)C)C1.C=CC(=O)N1CCCC(C(C)C)C1.C=CC(=O)Nc1cccc(C(C)C)c1.CC#CC(=O)N1CCCC1C(C)C. The first-order valence-electron chi connectivity index (χ1n) is 19.2. The molecule has 53 heavy (non-hydrogen) atoms. The molecule has 3 aliphatic heterocycles. The molecule has 3 atom stereocenters. The van der Waals surface area contributed by atoms with Crippen LogP contribution in [0.5, 0.6) is 0 Å². The molecule has 0 bridgehead atoms. The first-order chi connectivity index (χ1) is 24.6. The minimum Gasteiger partial charge on any atom is -0.339 e. The molecular formula is C45H72N4O4. The number of anilines is 1. The van der Waals surface area contributed by atoms with Gasteiger partial charge in [-0.25, -0.2) is 0 Å². The Hall–Kier alpha value is -4.12. The van der Waals surface area contributed by atoms with Crippen molar-refractivity contribution < 1.29 is 19.2 Å². The number of nitrogens with one attached hydrogen (secondary N) is 1. The van der Waals surface area contributed by atoms with Crippen molar-refractivity contribution in [1.29, 1.82) is 0 Å². The lowest BCUT2D eigenvalue weighted by Gasteiger charge is -2.34. The molecule has 0 saturated carbocycles. The molecule has 0 spiro atoms. The standard InChI is InChI=1S/C12H15NO.C11H19NO.C11H17NO.C10H17NO.CH4/c1-4-12(14)13-11-7-5-6-10(8-11)9(2)3;1-4-11(13)12-7-5-6-10(8-12)9(2)3;1-4-6-11(13)12-8-5-7-10(12)9(2)3;1-4-10(12)11-6-5-9(7-11)8(2)3;/h4-9H,1H2,2-3H3,(H,13,14);4,9-10H,1,5-8H2,2-3H3;9-10H,5,7-8H2,1-3H3;4,8-9H,1,5-7H2,2-3H3;1H4. The molecule has 0 radical (unpaired) electrons. The van der Waals surface area contributed by atoms with Crippen LogP contribution < -0.4 is 5.32 Å². The van der Waals surface area contributed by atoms with E-state index in [0.29, 0.717) is 41.5 Å². The summed E-state index contributed by atoms with van der Waals surface area (Å²) in [6.45, 7) is 34.1. The number of piperidine rings is 1. The molecular weight excluding hydrogens is 661 g/mol. The smallest absolute Gasteiger partial charge is 0.298 e. The highest BCUT2D eigenvalue weighted by molar-refractivity contribution is 5.98. The van der Waals surface area contributed by atoms with E-state index in [1.807, 2.05) is 39.0 Å². The Morgan fingerprint density at radius 1 is 0.755 bits per heavy atom. The molecule has 0 aromatic heterocycles. The molecule has 3 aliphatic rings. The van der Waals surface area contributed by atoms with Gasteiger partial charge in [-0.15, -0.1) is 0 Å².